The van der Waals surface area contributed by atoms with Crippen molar-refractivity contribution in [2.24, 2.45) is 0 Å². The number of halogens is 1. The molecule has 5 heteroatoms. The van der Waals surface area contributed by atoms with Crippen molar-refractivity contribution in [3.63, 3.8) is 0 Å². The molecule has 0 saturated heterocycles. The first-order chi connectivity index (χ1) is 5.47. The maximum Gasteiger partial charge on any atom is 0.232 e. The van der Waals surface area contributed by atoms with Gasteiger partial charge in [-0.15, -0.1) is 0 Å². The van der Waals surface area contributed by atoms with E-state index in [0.29, 0.717) is 10.8 Å². The molecule has 0 aliphatic heterocycles. The van der Waals surface area contributed by atoms with Crippen LogP contribution in [-0.2, 0) is 11.8 Å². The van der Waals surface area contributed by atoms with Gasteiger partial charge in [-0.2, -0.15) is 0 Å². The zero-order chi connectivity index (χ0) is 9.19. The first-order valence-corrected chi connectivity index (χ1v) is 6.72. The van der Waals surface area contributed by atoms with Crippen molar-refractivity contribution in [3.8, 4) is 5.75 Å². The van der Waals surface area contributed by atoms with Crippen LogP contribution < -0.4 is 4.52 Å². The molecular weight excluding hydrogens is 215 g/mol. The molecule has 0 bridgehead atoms. The molecular formula is C7H8ClO2PS. The summed E-state index contributed by atoms with van der Waals surface area (Å²) in [6.45, 7) is -1.12. The van der Waals surface area contributed by atoms with Crippen LogP contribution in [0.1, 0.15) is 0 Å². The average Bonchev–Trinajstić information content (AvgIpc) is 1.91. The molecule has 0 fully saturated rings. The molecule has 12 heavy (non-hydrogen) atoms. The van der Waals surface area contributed by atoms with Gasteiger partial charge < -0.3 is 9.42 Å². The zero-order valence-corrected chi connectivity index (χ0v) is 8.87. The topological polar surface area (TPSA) is 29.5 Å². The quantitative estimate of drug-likeness (QED) is 0.781. The average molecular weight is 223 g/mol. The van der Waals surface area contributed by atoms with Crippen molar-refractivity contribution in [1.82, 2.24) is 0 Å². The van der Waals surface area contributed by atoms with Gasteiger partial charge >= 0.3 is 0 Å². The molecule has 0 radical (unpaired) electrons. The second-order valence-electron chi connectivity index (χ2n) is 2.35. The summed E-state index contributed by atoms with van der Waals surface area (Å²) in [4.78, 5) is 9.21. The largest absolute Gasteiger partial charge is 0.444 e. The summed E-state index contributed by atoms with van der Waals surface area (Å²) in [5, 5.41) is 0.629. The Labute approximate surface area is 81.3 Å². The lowest BCUT2D eigenvalue weighted by Gasteiger charge is -2.11. The number of hydrogen-bond acceptors (Lipinski definition) is 2. The van der Waals surface area contributed by atoms with Crippen molar-refractivity contribution in [2.75, 3.05) is 6.66 Å². The Morgan fingerprint density at radius 3 is 2.33 bits per heavy atom. The number of benzene rings is 1. The molecule has 1 unspecified atom stereocenters. The van der Waals surface area contributed by atoms with Crippen molar-refractivity contribution in [3.05, 3.63) is 29.3 Å². The fraction of sp³-hybridized carbons (Fsp3) is 0.143. The highest BCUT2D eigenvalue weighted by molar-refractivity contribution is 8.09. The molecule has 66 valence electrons. The van der Waals surface area contributed by atoms with Crippen molar-refractivity contribution in [2.45, 2.75) is 0 Å². The molecule has 0 aliphatic carbocycles. The fourth-order valence-corrected chi connectivity index (χ4v) is 1.59. The second kappa shape index (κ2) is 3.75. The Bertz CT molecular complexity index is 306. The molecule has 2 nitrogen and oxygen atoms in total. The van der Waals surface area contributed by atoms with Crippen LogP contribution in [0.25, 0.3) is 0 Å². The molecule has 1 aromatic rings. The Hall–Kier alpha value is -0.0800. The van der Waals surface area contributed by atoms with Crippen LogP contribution in [0.5, 0.6) is 5.75 Å². The van der Waals surface area contributed by atoms with E-state index < -0.39 is 6.49 Å². The van der Waals surface area contributed by atoms with Crippen molar-refractivity contribution < 1.29 is 9.42 Å². The smallest absolute Gasteiger partial charge is 0.232 e. The van der Waals surface area contributed by atoms with E-state index >= 15 is 0 Å². The van der Waals surface area contributed by atoms with Gasteiger partial charge in [-0.05, 0) is 36.1 Å². The maximum atomic E-state index is 9.21. The Kier molecular flexibility index (Phi) is 3.13. The third kappa shape index (κ3) is 3.55. The van der Waals surface area contributed by atoms with E-state index in [9.17, 15) is 4.89 Å². The SMILES string of the molecule is CP(O)(=S)Oc1ccc(Cl)cc1. The summed E-state index contributed by atoms with van der Waals surface area (Å²) >= 11 is 10.4. The van der Waals surface area contributed by atoms with Crippen LogP contribution in [-0.4, -0.2) is 11.6 Å². The predicted molar refractivity (Wildman–Crippen MR) is 54.5 cm³/mol. The highest BCUT2D eigenvalue weighted by atomic mass is 35.5. The van der Waals surface area contributed by atoms with Gasteiger partial charge in [0.1, 0.15) is 5.75 Å². The third-order valence-electron chi connectivity index (χ3n) is 1.09. The Balaban J connectivity index is 2.78. The van der Waals surface area contributed by atoms with E-state index in [2.05, 4.69) is 0 Å². The van der Waals surface area contributed by atoms with E-state index in [0.717, 1.165) is 0 Å². The predicted octanol–water partition coefficient (Wildman–Crippen LogP) is 2.65. The van der Waals surface area contributed by atoms with Crippen LogP contribution in [0.3, 0.4) is 0 Å². The number of rotatable bonds is 2. The number of hydrogen-bond donors (Lipinski definition) is 1. The first-order valence-electron chi connectivity index (χ1n) is 3.23. The lowest BCUT2D eigenvalue weighted by Crippen LogP contribution is -1.87. The molecule has 0 heterocycles. The summed E-state index contributed by atoms with van der Waals surface area (Å²) in [5.41, 5.74) is 0. The molecule has 0 saturated carbocycles. The third-order valence-corrected chi connectivity index (χ3v) is 2.11. The van der Waals surface area contributed by atoms with Crippen molar-refractivity contribution >= 4 is 29.9 Å². The summed E-state index contributed by atoms with van der Waals surface area (Å²) in [7, 11) is 0. The molecule has 0 spiro atoms. The van der Waals surface area contributed by atoms with Gasteiger partial charge in [0.15, 0.2) is 0 Å². The van der Waals surface area contributed by atoms with Gasteiger partial charge in [0, 0.05) is 11.7 Å². The second-order valence-corrected chi connectivity index (χ2v) is 6.61. The van der Waals surface area contributed by atoms with Crippen LogP contribution in [0.4, 0.5) is 0 Å². The van der Waals surface area contributed by atoms with Crippen LogP contribution in [0.2, 0.25) is 5.02 Å². The van der Waals surface area contributed by atoms with E-state index in [1.54, 1.807) is 24.3 Å². The zero-order valence-electron chi connectivity index (χ0n) is 6.40. The minimum Gasteiger partial charge on any atom is -0.444 e. The van der Waals surface area contributed by atoms with Gasteiger partial charge in [0.05, 0.1) is 0 Å². The molecule has 1 rings (SSSR count). The highest BCUT2D eigenvalue weighted by Crippen LogP contribution is 2.38. The van der Waals surface area contributed by atoms with Crippen LogP contribution in [0.15, 0.2) is 24.3 Å². The lowest BCUT2D eigenvalue weighted by atomic mass is 10.3. The molecule has 0 aliphatic rings. The van der Waals surface area contributed by atoms with E-state index in [4.69, 9.17) is 27.9 Å². The van der Waals surface area contributed by atoms with Gasteiger partial charge in [-0.1, -0.05) is 11.6 Å². The van der Waals surface area contributed by atoms with Gasteiger partial charge in [-0.25, -0.2) is 0 Å². The maximum absolute atomic E-state index is 9.21. The van der Waals surface area contributed by atoms with Crippen LogP contribution in [0, 0.1) is 0 Å². The molecule has 1 N–H and O–H groups in total. The highest BCUT2D eigenvalue weighted by Gasteiger charge is 2.05. The standard InChI is InChI=1S/C7H8ClO2PS/c1-11(9,12)10-7-4-2-6(8)3-5-7/h2-5H,1H3,(H,9,12). The van der Waals surface area contributed by atoms with Gasteiger partial charge in [0.2, 0.25) is 6.49 Å². The molecule has 1 aromatic carbocycles. The minimum atomic E-state index is -2.61. The van der Waals surface area contributed by atoms with E-state index in [1.165, 1.54) is 6.66 Å². The first kappa shape index (κ1) is 10.0. The Morgan fingerprint density at radius 2 is 1.92 bits per heavy atom. The normalized spacial score (nSPS) is 15.2. The lowest BCUT2D eigenvalue weighted by molar-refractivity contribution is 0.490. The van der Waals surface area contributed by atoms with Crippen LogP contribution >= 0.6 is 18.1 Å². The molecule has 1 atom stereocenters. The molecule has 0 amide bonds. The summed E-state index contributed by atoms with van der Waals surface area (Å²) in [6, 6.07) is 6.70. The summed E-state index contributed by atoms with van der Waals surface area (Å²) < 4.78 is 5.08. The summed E-state index contributed by atoms with van der Waals surface area (Å²) in [6.07, 6.45) is 0. The van der Waals surface area contributed by atoms with E-state index in [-0.39, 0.29) is 0 Å². The summed E-state index contributed by atoms with van der Waals surface area (Å²) in [5.74, 6) is 0.549. The van der Waals surface area contributed by atoms with Gasteiger partial charge in [-0.3, -0.25) is 0 Å². The minimum absolute atomic E-state index is 0.549. The molecule has 0 aromatic heterocycles. The van der Waals surface area contributed by atoms with Gasteiger partial charge in [0.25, 0.3) is 0 Å². The van der Waals surface area contributed by atoms with E-state index in [1.807, 2.05) is 0 Å². The Morgan fingerprint density at radius 1 is 1.42 bits per heavy atom. The van der Waals surface area contributed by atoms with Crippen molar-refractivity contribution in [1.29, 1.82) is 0 Å². The fourth-order valence-electron chi connectivity index (χ4n) is 0.691. The monoisotopic (exact) mass is 222 g/mol.